The Balaban J connectivity index is 1.85. The highest BCUT2D eigenvalue weighted by molar-refractivity contribution is 5.98. The summed E-state index contributed by atoms with van der Waals surface area (Å²) in [6.45, 7) is 1.14. The van der Waals surface area contributed by atoms with Crippen LogP contribution in [-0.4, -0.2) is 46.6 Å². The van der Waals surface area contributed by atoms with Crippen LogP contribution in [0.25, 0.3) is 5.69 Å². The number of para-hydroxylation sites is 1. The van der Waals surface area contributed by atoms with E-state index in [9.17, 15) is 9.59 Å². The van der Waals surface area contributed by atoms with Crippen molar-refractivity contribution in [3.8, 4) is 5.69 Å². The molecule has 1 N–H and O–H groups in total. The Morgan fingerprint density at radius 2 is 2.09 bits per heavy atom. The fourth-order valence-corrected chi connectivity index (χ4v) is 3.02. The van der Waals surface area contributed by atoms with E-state index < -0.39 is 0 Å². The smallest absolute Gasteiger partial charge is 0.256 e. The Kier molecular flexibility index (Phi) is 4.41. The summed E-state index contributed by atoms with van der Waals surface area (Å²) in [5, 5.41) is 6.89. The largest absolute Gasteiger partial charge is 0.359 e. The summed E-state index contributed by atoms with van der Waals surface area (Å²) in [5.41, 5.74) is 1.36. The van der Waals surface area contributed by atoms with E-state index in [1.807, 2.05) is 36.5 Å². The van der Waals surface area contributed by atoms with Crippen molar-refractivity contribution in [2.75, 3.05) is 20.1 Å². The first-order chi connectivity index (χ1) is 11.2. The zero-order valence-electron chi connectivity index (χ0n) is 13.1. The predicted octanol–water partition coefficient (Wildman–Crippen LogP) is 1.47. The molecule has 23 heavy (non-hydrogen) atoms. The summed E-state index contributed by atoms with van der Waals surface area (Å²) in [6.07, 6.45) is 5.16. The standard InChI is InChI=1S/C17H20N4O2/c1-18-16(22)13-6-4-10-20(12-13)17(23)14-7-2-3-8-15(14)21-11-5-9-19-21/h2-3,5,7-9,11,13H,4,6,10,12H2,1H3,(H,18,22). The molecule has 3 rings (SSSR count). The van der Waals surface area contributed by atoms with Crippen molar-refractivity contribution < 1.29 is 9.59 Å². The van der Waals surface area contributed by atoms with Gasteiger partial charge >= 0.3 is 0 Å². The summed E-state index contributed by atoms with van der Waals surface area (Å²) in [6, 6.07) is 9.24. The molecule has 2 amide bonds. The van der Waals surface area contributed by atoms with Crippen LogP contribution in [0.3, 0.4) is 0 Å². The van der Waals surface area contributed by atoms with Crippen molar-refractivity contribution in [1.82, 2.24) is 20.0 Å². The number of rotatable bonds is 3. The van der Waals surface area contributed by atoms with Gasteiger partial charge in [0, 0.05) is 32.5 Å². The van der Waals surface area contributed by atoms with Crippen LogP contribution >= 0.6 is 0 Å². The molecule has 0 aliphatic carbocycles. The molecule has 120 valence electrons. The summed E-state index contributed by atoms with van der Waals surface area (Å²) in [5.74, 6) is -0.179. The van der Waals surface area contributed by atoms with Crippen LogP contribution in [0.5, 0.6) is 0 Å². The second-order valence-corrected chi connectivity index (χ2v) is 5.67. The van der Waals surface area contributed by atoms with E-state index in [-0.39, 0.29) is 17.7 Å². The first-order valence-corrected chi connectivity index (χ1v) is 7.80. The van der Waals surface area contributed by atoms with Gasteiger partial charge in [-0.25, -0.2) is 4.68 Å². The summed E-state index contributed by atoms with van der Waals surface area (Å²) in [7, 11) is 1.64. The van der Waals surface area contributed by atoms with Crippen LogP contribution in [0, 0.1) is 5.92 Å². The molecule has 1 unspecified atom stereocenters. The number of nitrogens with zero attached hydrogens (tertiary/aromatic N) is 3. The molecule has 1 saturated heterocycles. The normalized spacial score (nSPS) is 17.8. The second-order valence-electron chi connectivity index (χ2n) is 5.67. The van der Waals surface area contributed by atoms with Crippen molar-refractivity contribution >= 4 is 11.8 Å². The zero-order valence-corrected chi connectivity index (χ0v) is 13.1. The zero-order chi connectivity index (χ0) is 16.2. The average molecular weight is 312 g/mol. The number of aromatic nitrogens is 2. The van der Waals surface area contributed by atoms with Gasteiger partial charge in [-0.05, 0) is 31.0 Å². The van der Waals surface area contributed by atoms with E-state index in [2.05, 4.69) is 10.4 Å². The van der Waals surface area contributed by atoms with Gasteiger partial charge in [-0.2, -0.15) is 5.10 Å². The Hall–Kier alpha value is -2.63. The van der Waals surface area contributed by atoms with Crippen LogP contribution in [0.15, 0.2) is 42.7 Å². The molecule has 0 radical (unpaired) electrons. The SMILES string of the molecule is CNC(=O)C1CCCN(C(=O)c2ccccc2-n2cccn2)C1. The van der Waals surface area contributed by atoms with Gasteiger partial charge in [0.25, 0.3) is 5.91 Å². The summed E-state index contributed by atoms with van der Waals surface area (Å²) < 4.78 is 1.69. The molecule has 1 fully saturated rings. The van der Waals surface area contributed by atoms with Crippen LogP contribution < -0.4 is 5.32 Å². The second kappa shape index (κ2) is 6.64. The van der Waals surface area contributed by atoms with Crippen LogP contribution in [0.4, 0.5) is 0 Å². The van der Waals surface area contributed by atoms with Gasteiger partial charge in [-0.3, -0.25) is 9.59 Å². The van der Waals surface area contributed by atoms with Crippen LogP contribution in [-0.2, 0) is 4.79 Å². The van der Waals surface area contributed by atoms with Gasteiger partial charge in [0.1, 0.15) is 0 Å². The Morgan fingerprint density at radius 1 is 1.26 bits per heavy atom. The molecule has 2 aromatic rings. The number of amides is 2. The molecule has 2 heterocycles. The molecule has 1 aliphatic heterocycles. The van der Waals surface area contributed by atoms with Crippen LogP contribution in [0.2, 0.25) is 0 Å². The van der Waals surface area contributed by atoms with Gasteiger partial charge in [-0.15, -0.1) is 0 Å². The Morgan fingerprint density at radius 3 is 2.83 bits per heavy atom. The Bertz CT molecular complexity index is 696. The molecule has 1 atom stereocenters. The molecular formula is C17H20N4O2. The van der Waals surface area contributed by atoms with E-state index >= 15 is 0 Å². The first kappa shape index (κ1) is 15.3. The van der Waals surface area contributed by atoms with Crippen molar-refractivity contribution in [3.63, 3.8) is 0 Å². The van der Waals surface area contributed by atoms with Gasteiger partial charge < -0.3 is 10.2 Å². The minimum Gasteiger partial charge on any atom is -0.359 e. The lowest BCUT2D eigenvalue weighted by Crippen LogP contribution is -2.45. The minimum atomic E-state index is -0.130. The number of hydrogen-bond acceptors (Lipinski definition) is 3. The quantitative estimate of drug-likeness (QED) is 0.933. The van der Waals surface area contributed by atoms with Crippen molar-refractivity contribution in [2.24, 2.45) is 5.92 Å². The minimum absolute atomic E-state index is 0.00265. The summed E-state index contributed by atoms with van der Waals surface area (Å²) in [4.78, 5) is 26.6. The average Bonchev–Trinajstić information content (AvgIpc) is 3.15. The topological polar surface area (TPSA) is 67.2 Å². The lowest BCUT2D eigenvalue weighted by molar-refractivity contribution is -0.125. The van der Waals surface area contributed by atoms with Crippen molar-refractivity contribution in [2.45, 2.75) is 12.8 Å². The van der Waals surface area contributed by atoms with Crippen LogP contribution in [0.1, 0.15) is 23.2 Å². The Labute approximate surface area is 135 Å². The van der Waals surface area contributed by atoms with Gasteiger partial charge in [0.15, 0.2) is 0 Å². The molecule has 6 heteroatoms. The fraction of sp³-hybridized carbons (Fsp3) is 0.353. The molecule has 1 aliphatic rings. The number of piperidine rings is 1. The number of carbonyl (C=O) groups is 2. The number of nitrogens with one attached hydrogen (secondary N) is 1. The molecule has 6 nitrogen and oxygen atoms in total. The maximum absolute atomic E-state index is 12.9. The molecule has 1 aromatic carbocycles. The van der Waals surface area contributed by atoms with E-state index in [1.165, 1.54) is 0 Å². The van der Waals surface area contributed by atoms with Gasteiger partial charge in [0.2, 0.25) is 5.91 Å². The molecule has 0 saturated carbocycles. The van der Waals surface area contributed by atoms with Crippen molar-refractivity contribution in [1.29, 1.82) is 0 Å². The lowest BCUT2D eigenvalue weighted by atomic mass is 9.96. The molecule has 0 bridgehead atoms. The first-order valence-electron chi connectivity index (χ1n) is 7.80. The highest BCUT2D eigenvalue weighted by Crippen LogP contribution is 2.21. The van der Waals surface area contributed by atoms with Crippen molar-refractivity contribution in [3.05, 3.63) is 48.3 Å². The summed E-state index contributed by atoms with van der Waals surface area (Å²) >= 11 is 0. The highest BCUT2D eigenvalue weighted by atomic mass is 16.2. The lowest BCUT2D eigenvalue weighted by Gasteiger charge is -2.32. The number of likely N-dealkylation sites (tertiary alicyclic amines) is 1. The van der Waals surface area contributed by atoms with Gasteiger partial charge in [0.05, 0.1) is 17.2 Å². The molecular weight excluding hydrogens is 292 g/mol. The third-order valence-electron chi connectivity index (χ3n) is 4.21. The fourth-order valence-electron chi connectivity index (χ4n) is 3.02. The predicted molar refractivity (Wildman–Crippen MR) is 86.3 cm³/mol. The van der Waals surface area contributed by atoms with E-state index in [0.717, 1.165) is 18.5 Å². The number of carbonyl (C=O) groups excluding carboxylic acids is 2. The number of hydrogen-bond donors (Lipinski definition) is 1. The van der Waals surface area contributed by atoms with Gasteiger partial charge in [-0.1, -0.05) is 12.1 Å². The molecule has 1 aromatic heterocycles. The number of benzene rings is 1. The van der Waals surface area contributed by atoms with E-state index in [4.69, 9.17) is 0 Å². The third kappa shape index (κ3) is 3.11. The highest BCUT2D eigenvalue weighted by Gasteiger charge is 2.29. The third-order valence-corrected chi connectivity index (χ3v) is 4.21. The monoisotopic (exact) mass is 312 g/mol. The maximum atomic E-state index is 12.9. The maximum Gasteiger partial charge on any atom is 0.256 e. The molecule has 0 spiro atoms. The van der Waals surface area contributed by atoms with E-state index in [1.54, 1.807) is 22.8 Å². The van der Waals surface area contributed by atoms with E-state index in [0.29, 0.717) is 18.7 Å².